The maximum Gasteiger partial charge on any atom is 0.428 e. The van der Waals surface area contributed by atoms with E-state index in [1.54, 1.807) is 0 Å². The summed E-state index contributed by atoms with van der Waals surface area (Å²) in [5.41, 5.74) is 5.23. The van der Waals surface area contributed by atoms with Gasteiger partial charge in [0, 0.05) is 20.2 Å². The number of alkyl halides is 3. The lowest BCUT2D eigenvalue weighted by atomic mass is 10.5. The second kappa shape index (κ2) is 5.35. The number of hydrazone groups is 1. The highest BCUT2D eigenvalue weighted by molar-refractivity contribution is 5.86. The van der Waals surface area contributed by atoms with Crippen molar-refractivity contribution in [2.75, 3.05) is 14.1 Å². The zero-order valence-electron chi connectivity index (χ0n) is 8.56. The van der Waals surface area contributed by atoms with Crippen molar-refractivity contribution >= 4 is 12.1 Å². The Morgan fingerprint density at radius 3 is 2.31 bits per heavy atom. The van der Waals surface area contributed by atoms with E-state index in [0.717, 1.165) is 20.2 Å². The van der Waals surface area contributed by atoms with Gasteiger partial charge in [-0.1, -0.05) is 0 Å². The fourth-order valence-corrected chi connectivity index (χ4v) is 0.532. The van der Waals surface area contributed by atoms with Gasteiger partial charge in [0.1, 0.15) is 12.0 Å². The van der Waals surface area contributed by atoms with Crippen LogP contribution in [0.15, 0.2) is 17.0 Å². The molecular formula is C7H11F3N4O2. The van der Waals surface area contributed by atoms with E-state index < -0.39 is 12.1 Å². The summed E-state index contributed by atoms with van der Waals surface area (Å²) in [6.07, 6.45) is -4.11. The summed E-state index contributed by atoms with van der Waals surface area (Å²) < 4.78 is 35.2. The second-order valence-corrected chi connectivity index (χ2v) is 2.74. The minimum atomic E-state index is -4.56. The third-order valence-corrected chi connectivity index (χ3v) is 1.34. The van der Waals surface area contributed by atoms with Crippen LogP contribution in [0.1, 0.15) is 0 Å². The molecule has 0 rings (SSSR count). The van der Waals surface area contributed by atoms with Crippen LogP contribution in [0.3, 0.4) is 0 Å². The largest absolute Gasteiger partial charge is 0.428 e. The second-order valence-electron chi connectivity index (χ2n) is 2.74. The SMILES string of the molecule is CN(O)C(=O)/C=C(\N)N(C)/N=C/C(F)(F)F. The van der Waals surface area contributed by atoms with Crippen molar-refractivity contribution in [1.29, 1.82) is 0 Å². The molecule has 0 aliphatic heterocycles. The van der Waals surface area contributed by atoms with Gasteiger partial charge in [0.25, 0.3) is 5.91 Å². The van der Waals surface area contributed by atoms with Crippen molar-refractivity contribution in [2.45, 2.75) is 6.18 Å². The van der Waals surface area contributed by atoms with Crippen LogP contribution in [0.2, 0.25) is 0 Å². The molecule has 0 aromatic carbocycles. The van der Waals surface area contributed by atoms with Gasteiger partial charge in [0.15, 0.2) is 0 Å². The van der Waals surface area contributed by atoms with Gasteiger partial charge < -0.3 is 5.73 Å². The standard InChI is InChI=1S/C7H11F3N4O2/c1-13(12-4-7(8,9)10)5(11)3-6(15)14(2)16/h3-4,16H,11H2,1-2H3/b5-3+,12-4+. The molecule has 3 N–H and O–H groups in total. The van der Waals surface area contributed by atoms with Gasteiger partial charge in [-0.25, -0.2) is 5.06 Å². The third-order valence-electron chi connectivity index (χ3n) is 1.34. The lowest BCUT2D eigenvalue weighted by molar-refractivity contribution is -0.153. The highest BCUT2D eigenvalue weighted by Crippen LogP contribution is 2.11. The molecule has 1 amide bonds. The van der Waals surface area contributed by atoms with E-state index in [9.17, 15) is 18.0 Å². The van der Waals surface area contributed by atoms with Crippen LogP contribution in [-0.4, -0.2) is 47.7 Å². The number of nitrogens with two attached hydrogens (primary N) is 1. The van der Waals surface area contributed by atoms with Crippen molar-refractivity contribution < 1.29 is 23.2 Å². The molecule has 0 aromatic heterocycles. The minimum Gasteiger partial charge on any atom is -0.384 e. The summed E-state index contributed by atoms with van der Waals surface area (Å²) in [6.45, 7) is 0. The molecule has 0 spiro atoms. The molecule has 0 aliphatic carbocycles. The first-order valence-electron chi connectivity index (χ1n) is 3.93. The fourth-order valence-electron chi connectivity index (χ4n) is 0.532. The molecule has 0 saturated carbocycles. The van der Waals surface area contributed by atoms with E-state index in [0.29, 0.717) is 5.01 Å². The monoisotopic (exact) mass is 240 g/mol. The highest BCUT2D eigenvalue weighted by atomic mass is 19.4. The van der Waals surface area contributed by atoms with E-state index >= 15 is 0 Å². The Bertz CT molecular complexity index is 311. The molecule has 0 atom stereocenters. The molecule has 0 bridgehead atoms. The van der Waals surface area contributed by atoms with Crippen molar-refractivity contribution in [2.24, 2.45) is 10.8 Å². The summed E-state index contributed by atoms with van der Waals surface area (Å²) in [6, 6.07) is 0. The van der Waals surface area contributed by atoms with E-state index in [-0.39, 0.29) is 17.1 Å². The molecule has 0 fully saturated rings. The Labute approximate surface area is 89.4 Å². The first kappa shape index (κ1) is 14.2. The average molecular weight is 240 g/mol. The number of hydrogen-bond acceptors (Lipinski definition) is 5. The molecule has 0 heterocycles. The van der Waals surface area contributed by atoms with Crippen LogP contribution >= 0.6 is 0 Å². The van der Waals surface area contributed by atoms with Gasteiger partial charge in [-0.15, -0.1) is 0 Å². The van der Waals surface area contributed by atoms with Crippen LogP contribution < -0.4 is 5.73 Å². The molecule has 0 radical (unpaired) electrons. The Morgan fingerprint density at radius 2 is 1.94 bits per heavy atom. The number of halogens is 3. The van der Waals surface area contributed by atoms with E-state index in [4.69, 9.17) is 10.9 Å². The third kappa shape index (κ3) is 5.86. The van der Waals surface area contributed by atoms with Gasteiger partial charge in [-0.2, -0.15) is 18.3 Å². The Morgan fingerprint density at radius 1 is 1.44 bits per heavy atom. The zero-order chi connectivity index (χ0) is 12.9. The molecule has 0 saturated heterocycles. The lowest BCUT2D eigenvalue weighted by Gasteiger charge is -2.13. The van der Waals surface area contributed by atoms with Gasteiger partial charge in [0.05, 0.1) is 0 Å². The van der Waals surface area contributed by atoms with Crippen molar-refractivity contribution in [3.05, 3.63) is 11.9 Å². The van der Waals surface area contributed by atoms with Crippen LogP contribution in [-0.2, 0) is 4.79 Å². The molecule has 9 heteroatoms. The number of likely N-dealkylation sites (N-methyl/N-ethyl adjacent to an activating group) is 1. The number of amides is 1. The van der Waals surface area contributed by atoms with Crippen molar-refractivity contribution in [1.82, 2.24) is 10.1 Å². The topological polar surface area (TPSA) is 82.2 Å². The first-order chi connectivity index (χ1) is 7.13. The van der Waals surface area contributed by atoms with Gasteiger partial charge in [0.2, 0.25) is 0 Å². The molecule has 6 nitrogen and oxygen atoms in total. The molecular weight excluding hydrogens is 229 g/mol. The normalized spacial score (nSPS) is 13.0. The fraction of sp³-hybridized carbons (Fsp3) is 0.429. The number of hydroxylamine groups is 2. The average Bonchev–Trinajstić information content (AvgIpc) is 2.12. The Balaban J connectivity index is 4.57. The Hall–Kier alpha value is -1.77. The van der Waals surface area contributed by atoms with E-state index in [1.165, 1.54) is 0 Å². The van der Waals surface area contributed by atoms with Crippen LogP contribution in [0.4, 0.5) is 13.2 Å². The van der Waals surface area contributed by atoms with Crippen molar-refractivity contribution in [3.63, 3.8) is 0 Å². The molecule has 0 unspecified atom stereocenters. The van der Waals surface area contributed by atoms with Crippen LogP contribution in [0.5, 0.6) is 0 Å². The molecule has 0 aliphatic rings. The van der Waals surface area contributed by atoms with Gasteiger partial charge >= 0.3 is 6.18 Å². The predicted octanol–water partition coefficient (Wildman–Crippen LogP) is 0.114. The number of nitrogens with zero attached hydrogens (tertiary/aromatic N) is 3. The quantitative estimate of drug-likeness (QED) is 0.317. The number of rotatable bonds is 3. The minimum absolute atomic E-state index is 0.230. The maximum atomic E-state index is 11.7. The zero-order valence-corrected chi connectivity index (χ0v) is 8.56. The predicted molar refractivity (Wildman–Crippen MR) is 49.1 cm³/mol. The lowest BCUT2D eigenvalue weighted by Crippen LogP contribution is -2.26. The molecule has 16 heavy (non-hydrogen) atoms. The number of carbonyl (C=O) groups excluding carboxylic acids is 1. The number of carbonyl (C=O) groups is 1. The van der Waals surface area contributed by atoms with Crippen LogP contribution in [0.25, 0.3) is 0 Å². The summed E-state index contributed by atoms with van der Waals surface area (Å²) in [5.74, 6) is -1.22. The maximum absolute atomic E-state index is 11.7. The summed E-state index contributed by atoms with van der Waals surface area (Å²) in [7, 11) is 2.17. The van der Waals surface area contributed by atoms with E-state index in [2.05, 4.69) is 5.10 Å². The Kier molecular flexibility index (Phi) is 4.76. The highest BCUT2D eigenvalue weighted by Gasteiger charge is 2.24. The van der Waals surface area contributed by atoms with E-state index in [1.807, 2.05) is 0 Å². The van der Waals surface area contributed by atoms with Crippen molar-refractivity contribution in [3.8, 4) is 0 Å². The number of hydrogen-bond donors (Lipinski definition) is 2. The first-order valence-corrected chi connectivity index (χ1v) is 3.93. The smallest absolute Gasteiger partial charge is 0.384 e. The van der Waals surface area contributed by atoms with Crippen LogP contribution in [0, 0.1) is 0 Å². The molecule has 0 aromatic rings. The van der Waals surface area contributed by atoms with Gasteiger partial charge in [-0.3, -0.25) is 15.0 Å². The van der Waals surface area contributed by atoms with Gasteiger partial charge in [-0.05, 0) is 0 Å². The summed E-state index contributed by atoms with van der Waals surface area (Å²) in [4.78, 5) is 10.9. The summed E-state index contributed by atoms with van der Waals surface area (Å²) in [5, 5.41) is 12.5. The summed E-state index contributed by atoms with van der Waals surface area (Å²) >= 11 is 0. The molecule has 92 valence electrons.